The zero-order valence-electron chi connectivity index (χ0n) is 14.3. The van der Waals surface area contributed by atoms with Crippen molar-refractivity contribution in [3.8, 4) is 5.75 Å². The van der Waals surface area contributed by atoms with E-state index in [-0.39, 0.29) is 0 Å². The Hall–Kier alpha value is -1.89. The lowest BCUT2D eigenvalue weighted by Gasteiger charge is -2.26. The van der Waals surface area contributed by atoms with Crippen molar-refractivity contribution < 1.29 is 14.6 Å². The molecule has 1 aromatic heterocycles. The van der Waals surface area contributed by atoms with Crippen molar-refractivity contribution in [2.75, 3.05) is 39.5 Å². The second-order valence-electron chi connectivity index (χ2n) is 6.09. The van der Waals surface area contributed by atoms with E-state index in [2.05, 4.69) is 10.00 Å². The van der Waals surface area contributed by atoms with Gasteiger partial charge in [0.1, 0.15) is 18.5 Å². The van der Waals surface area contributed by atoms with E-state index in [1.165, 1.54) is 0 Å². The number of aliphatic hydroxyl groups is 1. The van der Waals surface area contributed by atoms with E-state index >= 15 is 0 Å². The van der Waals surface area contributed by atoms with Gasteiger partial charge in [0.2, 0.25) is 0 Å². The number of aryl methyl sites for hydroxylation is 2. The molecule has 1 saturated heterocycles. The highest BCUT2D eigenvalue weighted by molar-refractivity contribution is 5.40. The highest BCUT2D eigenvalue weighted by Crippen LogP contribution is 2.31. The molecule has 1 aliphatic heterocycles. The SMILES string of the molecule is Cc1nn(C)cc1C(O)c1ccccc1OCCN1CCOCC1. The highest BCUT2D eigenvalue weighted by Gasteiger charge is 2.19. The molecule has 0 amide bonds. The summed E-state index contributed by atoms with van der Waals surface area (Å²) < 4.78 is 13.0. The first kappa shape index (κ1) is 17.0. The van der Waals surface area contributed by atoms with Gasteiger partial charge in [-0.1, -0.05) is 18.2 Å². The van der Waals surface area contributed by atoms with Crippen LogP contribution in [0, 0.1) is 6.92 Å². The van der Waals surface area contributed by atoms with Crippen LogP contribution in [0.5, 0.6) is 5.75 Å². The topological polar surface area (TPSA) is 59.8 Å². The van der Waals surface area contributed by atoms with Gasteiger partial charge in [-0.05, 0) is 13.0 Å². The standard InChI is InChI=1S/C18H25N3O3/c1-14-16(13-20(2)19-14)18(22)15-5-3-4-6-17(15)24-12-9-21-7-10-23-11-8-21/h3-6,13,18,22H,7-12H2,1-2H3. The lowest BCUT2D eigenvalue weighted by molar-refractivity contribution is 0.0321. The van der Waals surface area contributed by atoms with Crippen molar-refractivity contribution in [3.63, 3.8) is 0 Å². The number of aliphatic hydroxyl groups excluding tert-OH is 1. The number of aromatic nitrogens is 2. The number of nitrogens with zero attached hydrogens (tertiary/aromatic N) is 3. The normalized spacial score (nSPS) is 17.0. The van der Waals surface area contributed by atoms with Crippen molar-refractivity contribution >= 4 is 0 Å². The van der Waals surface area contributed by atoms with Gasteiger partial charge in [-0.15, -0.1) is 0 Å². The summed E-state index contributed by atoms with van der Waals surface area (Å²) in [5.74, 6) is 0.724. The largest absolute Gasteiger partial charge is 0.492 e. The Morgan fingerprint density at radius 2 is 2.00 bits per heavy atom. The maximum Gasteiger partial charge on any atom is 0.125 e. The van der Waals surface area contributed by atoms with Crippen LogP contribution in [0.15, 0.2) is 30.5 Å². The summed E-state index contributed by atoms with van der Waals surface area (Å²) in [4.78, 5) is 2.33. The average Bonchev–Trinajstić information content (AvgIpc) is 2.94. The minimum absolute atomic E-state index is 0.593. The van der Waals surface area contributed by atoms with Crippen molar-refractivity contribution in [2.24, 2.45) is 7.05 Å². The minimum atomic E-state index is -0.738. The van der Waals surface area contributed by atoms with Crippen LogP contribution in [0.1, 0.15) is 22.9 Å². The fourth-order valence-corrected chi connectivity index (χ4v) is 3.00. The molecule has 1 aliphatic rings. The molecule has 1 fully saturated rings. The fraction of sp³-hybridized carbons (Fsp3) is 0.500. The van der Waals surface area contributed by atoms with Crippen LogP contribution in [-0.2, 0) is 11.8 Å². The fourth-order valence-electron chi connectivity index (χ4n) is 3.00. The second-order valence-corrected chi connectivity index (χ2v) is 6.09. The lowest BCUT2D eigenvalue weighted by atomic mass is 10.0. The maximum absolute atomic E-state index is 10.8. The quantitative estimate of drug-likeness (QED) is 0.870. The average molecular weight is 331 g/mol. The van der Waals surface area contributed by atoms with Gasteiger partial charge in [0, 0.05) is 44.0 Å². The van der Waals surface area contributed by atoms with Crippen LogP contribution in [0.3, 0.4) is 0 Å². The third-order valence-corrected chi connectivity index (χ3v) is 4.33. The van der Waals surface area contributed by atoms with Crippen molar-refractivity contribution in [2.45, 2.75) is 13.0 Å². The molecule has 0 saturated carbocycles. The Bertz CT molecular complexity index is 665. The van der Waals surface area contributed by atoms with Crippen LogP contribution >= 0.6 is 0 Å². The Kier molecular flexibility index (Phi) is 5.50. The zero-order chi connectivity index (χ0) is 16.9. The predicted molar refractivity (Wildman–Crippen MR) is 91.2 cm³/mol. The minimum Gasteiger partial charge on any atom is -0.492 e. The lowest BCUT2D eigenvalue weighted by Crippen LogP contribution is -2.38. The number of benzene rings is 1. The van der Waals surface area contributed by atoms with E-state index < -0.39 is 6.10 Å². The van der Waals surface area contributed by atoms with Crippen LogP contribution in [-0.4, -0.2) is 59.2 Å². The number of rotatable bonds is 6. The Labute approximate surface area is 142 Å². The van der Waals surface area contributed by atoms with Gasteiger partial charge < -0.3 is 14.6 Å². The predicted octanol–water partition coefficient (Wildman–Crippen LogP) is 1.52. The molecule has 1 aromatic carbocycles. The van der Waals surface area contributed by atoms with E-state index in [1.807, 2.05) is 44.4 Å². The number of morpholine rings is 1. The molecule has 0 bridgehead atoms. The van der Waals surface area contributed by atoms with Gasteiger partial charge in [0.15, 0.2) is 0 Å². The summed E-state index contributed by atoms with van der Waals surface area (Å²) in [6, 6.07) is 7.65. The summed E-state index contributed by atoms with van der Waals surface area (Å²) in [5, 5.41) is 15.1. The van der Waals surface area contributed by atoms with E-state index in [1.54, 1.807) is 4.68 Å². The van der Waals surface area contributed by atoms with Crippen LogP contribution in [0.25, 0.3) is 0 Å². The van der Waals surface area contributed by atoms with Gasteiger partial charge in [-0.25, -0.2) is 0 Å². The maximum atomic E-state index is 10.8. The molecule has 2 aromatic rings. The third kappa shape index (κ3) is 3.95. The van der Waals surface area contributed by atoms with Crippen LogP contribution < -0.4 is 4.74 Å². The third-order valence-electron chi connectivity index (χ3n) is 4.33. The van der Waals surface area contributed by atoms with E-state index in [0.717, 1.165) is 55.4 Å². The van der Waals surface area contributed by atoms with Gasteiger partial charge in [-0.2, -0.15) is 5.10 Å². The highest BCUT2D eigenvalue weighted by atomic mass is 16.5. The number of hydrogen-bond donors (Lipinski definition) is 1. The summed E-state index contributed by atoms with van der Waals surface area (Å²) >= 11 is 0. The van der Waals surface area contributed by atoms with E-state index in [9.17, 15) is 5.11 Å². The molecule has 1 atom stereocenters. The smallest absolute Gasteiger partial charge is 0.125 e. The number of ether oxygens (including phenoxy) is 2. The molecule has 6 heteroatoms. The molecule has 3 rings (SSSR count). The second kappa shape index (κ2) is 7.79. The molecular formula is C18H25N3O3. The van der Waals surface area contributed by atoms with E-state index in [0.29, 0.717) is 6.61 Å². The van der Waals surface area contributed by atoms with Crippen LogP contribution in [0.4, 0.5) is 0 Å². The van der Waals surface area contributed by atoms with Gasteiger partial charge in [0.25, 0.3) is 0 Å². The summed E-state index contributed by atoms with van der Waals surface area (Å²) in [5.41, 5.74) is 2.41. The van der Waals surface area contributed by atoms with Crippen LogP contribution in [0.2, 0.25) is 0 Å². The summed E-state index contributed by atoms with van der Waals surface area (Å²) in [6.07, 6.45) is 1.11. The Morgan fingerprint density at radius 1 is 1.25 bits per heavy atom. The first-order chi connectivity index (χ1) is 11.6. The Balaban J connectivity index is 1.67. The molecule has 6 nitrogen and oxygen atoms in total. The molecule has 2 heterocycles. The van der Waals surface area contributed by atoms with Gasteiger partial charge in [0.05, 0.1) is 18.9 Å². The molecule has 0 radical (unpaired) electrons. The van der Waals surface area contributed by atoms with Gasteiger partial charge >= 0.3 is 0 Å². The molecule has 130 valence electrons. The van der Waals surface area contributed by atoms with Crippen molar-refractivity contribution in [3.05, 3.63) is 47.3 Å². The molecule has 1 unspecified atom stereocenters. The van der Waals surface area contributed by atoms with E-state index in [4.69, 9.17) is 9.47 Å². The molecule has 24 heavy (non-hydrogen) atoms. The monoisotopic (exact) mass is 331 g/mol. The molecular weight excluding hydrogens is 306 g/mol. The van der Waals surface area contributed by atoms with Crippen molar-refractivity contribution in [1.82, 2.24) is 14.7 Å². The summed E-state index contributed by atoms with van der Waals surface area (Å²) in [7, 11) is 1.86. The molecule has 0 aliphatic carbocycles. The van der Waals surface area contributed by atoms with Gasteiger partial charge in [-0.3, -0.25) is 9.58 Å². The molecule has 0 spiro atoms. The molecule has 1 N–H and O–H groups in total. The Morgan fingerprint density at radius 3 is 2.71 bits per heavy atom. The summed E-state index contributed by atoms with van der Waals surface area (Å²) in [6.45, 7) is 6.83. The first-order valence-corrected chi connectivity index (χ1v) is 8.35. The number of hydrogen-bond acceptors (Lipinski definition) is 5. The zero-order valence-corrected chi connectivity index (χ0v) is 14.3. The number of para-hydroxylation sites is 1. The van der Waals surface area contributed by atoms with Crippen molar-refractivity contribution in [1.29, 1.82) is 0 Å². The first-order valence-electron chi connectivity index (χ1n) is 8.35.